The monoisotopic (exact) mass is 291 g/mol. The number of nitrogens with zero attached hydrogens (tertiary/aromatic N) is 1. The van der Waals surface area contributed by atoms with Gasteiger partial charge < -0.3 is 15.4 Å². The third-order valence-electron chi connectivity index (χ3n) is 3.06. The lowest BCUT2D eigenvalue weighted by Gasteiger charge is -2.12. The summed E-state index contributed by atoms with van der Waals surface area (Å²) in [6.07, 6.45) is 1.68. The molecular formula is C13H13N3O5. The van der Waals surface area contributed by atoms with Crippen molar-refractivity contribution in [1.82, 2.24) is 10.3 Å². The molecule has 0 fully saturated rings. The van der Waals surface area contributed by atoms with Crippen molar-refractivity contribution < 1.29 is 19.6 Å². The van der Waals surface area contributed by atoms with Crippen LogP contribution in [0.4, 0.5) is 5.69 Å². The highest BCUT2D eigenvalue weighted by Crippen LogP contribution is 2.24. The first kappa shape index (κ1) is 14.5. The number of aromatic nitrogens is 1. The molecule has 1 aromatic carbocycles. The van der Waals surface area contributed by atoms with Gasteiger partial charge in [-0.15, -0.1) is 0 Å². The Kier molecular flexibility index (Phi) is 3.88. The van der Waals surface area contributed by atoms with Gasteiger partial charge in [0.05, 0.1) is 10.4 Å². The number of fused-ring (bicyclic) bond motifs is 1. The number of carbonyl (C=O) groups excluding carboxylic acids is 1. The van der Waals surface area contributed by atoms with E-state index in [4.69, 9.17) is 5.11 Å². The van der Waals surface area contributed by atoms with Crippen LogP contribution in [0.2, 0.25) is 0 Å². The van der Waals surface area contributed by atoms with Crippen LogP contribution >= 0.6 is 0 Å². The second-order valence-electron chi connectivity index (χ2n) is 4.60. The summed E-state index contributed by atoms with van der Waals surface area (Å²) in [7, 11) is 0. The predicted molar refractivity (Wildman–Crippen MR) is 73.9 cm³/mol. The number of aliphatic carboxylic acids is 1. The van der Waals surface area contributed by atoms with Crippen molar-refractivity contribution in [2.75, 3.05) is 0 Å². The van der Waals surface area contributed by atoms with Gasteiger partial charge in [0.15, 0.2) is 0 Å². The summed E-state index contributed by atoms with van der Waals surface area (Å²) in [6, 6.07) is 3.25. The molecule has 0 radical (unpaired) electrons. The molecule has 8 heteroatoms. The van der Waals surface area contributed by atoms with Crippen LogP contribution in [0.25, 0.3) is 10.9 Å². The van der Waals surface area contributed by atoms with Crippen LogP contribution in [0.15, 0.2) is 24.4 Å². The van der Waals surface area contributed by atoms with E-state index in [0.29, 0.717) is 16.5 Å². The van der Waals surface area contributed by atoms with Crippen LogP contribution in [0.1, 0.15) is 12.5 Å². The summed E-state index contributed by atoms with van der Waals surface area (Å²) < 4.78 is 0. The smallest absolute Gasteiger partial charge is 0.326 e. The van der Waals surface area contributed by atoms with E-state index in [1.807, 2.05) is 0 Å². The van der Waals surface area contributed by atoms with Crippen LogP contribution in [0, 0.1) is 10.1 Å². The highest BCUT2D eigenvalue weighted by molar-refractivity contribution is 5.87. The number of hydrogen-bond donors (Lipinski definition) is 3. The molecule has 1 heterocycles. The SMILES string of the molecule is CC(=O)N[C@H](Cc1c[nH]c2cc([N+](=O)[O-])ccc12)C(=O)O. The van der Waals surface area contributed by atoms with Gasteiger partial charge in [-0.05, 0) is 11.6 Å². The molecule has 3 N–H and O–H groups in total. The van der Waals surface area contributed by atoms with E-state index in [0.717, 1.165) is 0 Å². The molecule has 2 aromatic rings. The summed E-state index contributed by atoms with van der Waals surface area (Å²) in [5.41, 5.74) is 1.17. The van der Waals surface area contributed by atoms with E-state index in [2.05, 4.69) is 10.3 Å². The predicted octanol–water partition coefficient (Wildman–Crippen LogP) is 1.21. The molecule has 1 amide bonds. The number of hydrogen-bond acceptors (Lipinski definition) is 4. The Hall–Kier alpha value is -2.90. The molecule has 0 bridgehead atoms. The highest BCUT2D eigenvalue weighted by atomic mass is 16.6. The van der Waals surface area contributed by atoms with Gasteiger partial charge in [-0.3, -0.25) is 14.9 Å². The molecule has 21 heavy (non-hydrogen) atoms. The number of nitro groups is 1. The second-order valence-corrected chi connectivity index (χ2v) is 4.60. The average Bonchev–Trinajstić information content (AvgIpc) is 2.79. The zero-order valence-corrected chi connectivity index (χ0v) is 11.1. The van der Waals surface area contributed by atoms with Crippen molar-refractivity contribution in [2.24, 2.45) is 0 Å². The fourth-order valence-electron chi connectivity index (χ4n) is 2.12. The number of nitro benzene ring substituents is 1. The van der Waals surface area contributed by atoms with Crippen LogP contribution in [-0.4, -0.2) is 32.9 Å². The summed E-state index contributed by atoms with van der Waals surface area (Å²) in [6.45, 7) is 1.24. The number of non-ortho nitro benzene ring substituents is 1. The van der Waals surface area contributed by atoms with Crippen LogP contribution in [-0.2, 0) is 16.0 Å². The average molecular weight is 291 g/mol. The second kappa shape index (κ2) is 5.61. The van der Waals surface area contributed by atoms with Crippen molar-refractivity contribution in [3.05, 3.63) is 40.1 Å². The molecule has 1 atom stereocenters. The van der Waals surface area contributed by atoms with Gasteiger partial charge >= 0.3 is 5.97 Å². The number of benzene rings is 1. The summed E-state index contributed by atoms with van der Waals surface area (Å²) in [4.78, 5) is 35.2. The molecule has 0 aliphatic heterocycles. The maximum absolute atomic E-state index is 11.1. The lowest BCUT2D eigenvalue weighted by Crippen LogP contribution is -2.41. The van der Waals surface area contributed by atoms with Gasteiger partial charge in [0.25, 0.3) is 5.69 Å². The van der Waals surface area contributed by atoms with E-state index in [1.165, 1.54) is 19.1 Å². The quantitative estimate of drug-likeness (QED) is 0.564. The molecule has 1 aromatic heterocycles. The lowest BCUT2D eigenvalue weighted by molar-refractivity contribution is -0.384. The van der Waals surface area contributed by atoms with E-state index < -0.39 is 22.8 Å². The maximum Gasteiger partial charge on any atom is 0.326 e. The molecule has 0 unspecified atom stereocenters. The van der Waals surface area contributed by atoms with Crippen molar-refractivity contribution in [2.45, 2.75) is 19.4 Å². The number of carboxylic acids is 1. The Balaban J connectivity index is 2.32. The van der Waals surface area contributed by atoms with E-state index in [-0.39, 0.29) is 12.1 Å². The molecule has 0 saturated carbocycles. The molecule has 8 nitrogen and oxygen atoms in total. The summed E-state index contributed by atoms with van der Waals surface area (Å²) in [5, 5.41) is 22.8. The van der Waals surface area contributed by atoms with Crippen molar-refractivity contribution >= 4 is 28.5 Å². The van der Waals surface area contributed by atoms with Gasteiger partial charge in [0.1, 0.15) is 6.04 Å². The van der Waals surface area contributed by atoms with Crippen LogP contribution in [0.3, 0.4) is 0 Å². The molecule has 110 valence electrons. The van der Waals surface area contributed by atoms with E-state index >= 15 is 0 Å². The lowest BCUT2D eigenvalue weighted by atomic mass is 10.0. The van der Waals surface area contributed by atoms with Gasteiger partial charge in [0, 0.05) is 37.1 Å². The Morgan fingerprint density at radius 1 is 1.48 bits per heavy atom. The van der Waals surface area contributed by atoms with Gasteiger partial charge in [-0.25, -0.2) is 4.79 Å². The third kappa shape index (κ3) is 3.16. The van der Waals surface area contributed by atoms with Gasteiger partial charge in [0.2, 0.25) is 5.91 Å². The van der Waals surface area contributed by atoms with Gasteiger partial charge in [-0.2, -0.15) is 0 Å². The normalized spacial score (nSPS) is 12.0. The Morgan fingerprint density at radius 3 is 2.76 bits per heavy atom. The highest BCUT2D eigenvalue weighted by Gasteiger charge is 2.21. The zero-order chi connectivity index (χ0) is 15.6. The molecule has 0 spiro atoms. The minimum absolute atomic E-state index is 0.0486. The minimum atomic E-state index is -1.14. The molecule has 0 aliphatic carbocycles. The number of aromatic amines is 1. The van der Waals surface area contributed by atoms with Crippen molar-refractivity contribution in [1.29, 1.82) is 0 Å². The van der Waals surface area contributed by atoms with E-state index in [1.54, 1.807) is 12.3 Å². The number of carbonyl (C=O) groups is 2. The first-order chi connectivity index (χ1) is 9.88. The van der Waals surface area contributed by atoms with Crippen molar-refractivity contribution in [3.8, 4) is 0 Å². The molecular weight excluding hydrogens is 278 g/mol. The molecule has 0 aliphatic rings. The number of H-pyrrole nitrogens is 1. The summed E-state index contributed by atoms with van der Waals surface area (Å²) >= 11 is 0. The first-order valence-electron chi connectivity index (χ1n) is 6.13. The Labute approximate surface area is 118 Å². The maximum atomic E-state index is 11.1. The van der Waals surface area contributed by atoms with Crippen LogP contribution in [0.5, 0.6) is 0 Å². The van der Waals surface area contributed by atoms with Crippen LogP contribution < -0.4 is 5.32 Å². The standard InChI is InChI=1S/C13H13N3O5/c1-7(17)15-12(13(18)19)4-8-6-14-11-5-9(16(20)21)2-3-10(8)11/h2-3,5-6,12,14H,4H2,1H3,(H,15,17)(H,18,19)/t12-/m1/s1. The number of rotatable bonds is 5. The number of nitrogens with one attached hydrogen (secondary N) is 2. The Bertz CT molecular complexity index is 722. The van der Waals surface area contributed by atoms with Gasteiger partial charge in [-0.1, -0.05) is 0 Å². The fourth-order valence-corrected chi connectivity index (χ4v) is 2.12. The number of amides is 1. The first-order valence-corrected chi connectivity index (χ1v) is 6.13. The third-order valence-corrected chi connectivity index (χ3v) is 3.06. The number of carboxylic acid groups (broad SMARTS) is 1. The molecule has 0 saturated heterocycles. The largest absolute Gasteiger partial charge is 0.480 e. The topological polar surface area (TPSA) is 125 Å². The fraction of sp³-hybridized carbons (Fsp3) is 0.231. The summed E-state index contributed by atoms with van der Waals surface area (Å²) in [5.74, 6) is -1.57. The van der Waals surface area contributed by atoms with Crippen molar-refractivity contribution in [3.63, 3.8) is 0 Å². The van der Waals surface area contributed by atoms with E-state index in [9.17, 15) is 19.7 Å². The molecule has 2 rings (SSSR count). The Morgan fingerprint density at radius 2 is 2.19 bits per heavy atom. The zero-order valence-electron chi connectivity index (χ0n) is 11.1. The minimum Gasteiger partial charge on any atom is -0.480 e.